The number of benzene rings is 3. The average molecular weight is 553 g/mol. The molecule has 2 aliphatic heterocycles. The van der Waals surface area contributed by atoms with Gasteiger partial charge in [-0.3, -0.25) is 4.90 Å². The third kappa shape index (κ3) is 6.93. The molecule has 9 heteroatoms. The smallest absolute Gasteiger partial charge is 0.240 e. The summed E-state index contributed by atoms with van der Waals surface area (Å²) in [5.74, 6) is 0. The lowest BCUT2D eigenvalue weighted by atomic mass is 9.99. The van der Waals surface area contributed by atoms with Gasteiger partial charge in [0, 0.05) is 31.1 Å². The van der Waals surface area contributed by atoms with Crippen molar-refractivity contribution in [3.63, 3.8) is 0 Å². The molecule has 0 aromatic heterocycles. The molecular weight excluding hydrogens is 516 g/mol. The first kappa shape index (κ1) is 27.9. The van der Waals surface area contributed by atoms with Crippen LogP contribution in [0, 0.1) is 0 Å². The van der Waals surface area contributed by atoms with Crippen molar-refractivity contribution in [3.05, 3.63) is 101 Å². The summed E-state index contributed by atoms with van der Waals surface area (Å²) in [6.07, 6.45) is 1.88. The Hall–Kier alpha value is -2.63. The van der Waals surface area contributed by atoms with Gasteiger partial charge in [-0.1, -0.05) is 66.7 Å². The number of hydrogen-bond donors (Lipinski definition) is 3. The first-order chi connectivity index (χ1) is 18.9. The lowest BCUT2D eigenvalue weighted by Gasteiger charge is -2.38. The van der Waals surface area contributed by atoms with Gasteiger partial charge in [-0.2, -0.15) is 0 Å². The number of aliphatic hydroxyl groups is 2. The largest absolute Gasteiger partial charge is 0.395 e. The van der Waals surface area contributed by atoms with E-state index in [1.54, 1.807) is 30.3 Å². The highest BCUT2D eigenvalue weighted by atomic mass is 32.2. The molecular formula is C30H36N2O6S. The fourth-order valence-electron chi connectivity index (χ4n) is 5.29. The molecule has 3 N–H and O–H groups in total. The topological polar surface area (TPSA) is 108 Å². The zero-order chi connectivity index (χ0) is 27.2. The second kappa shape index (κ2) is 12.7. The van der Waals surface area contributed by atoms with Crippen LogP contribution in [0.25, 0.3) is 0 Å². The summed E-state index contributed by atoms with van der Waals surface area (Å²) < 4.78 is 40.7. The van der Waals surface area contributed by atoms with Gasteiger partial charge in [-0.25, -0.2) is 13.1 Å². The van der Waals surface area contributed by atoms with Crippen molar-refractivity contribution in [1.82, 2.24) is 9.62 Å². The number of nitrogens with one attached hydrogen (secondary N) is 1. The Morgan fingerprint density at radius 3 is 2.26 bits per heavy atom. The number of likely N-dealkylation sites (tertiary alicyclic amines) is 1. The summed E-state index contributed by atoms with van der Waals surface area (Å²) in [6, 6.07) is 23.9. The van der Waals surface area contributed by atoms with E-state index in [1.807, 2.05) is 48.5 Å². The molecule has 0 aliphatic carbocycles. The number of hydrogen-bond acceptors (Lipinski definition) is 7. The maximum absolute atomic E-state index is 12.6. The Bertz CT molecular complexity index is 1300. The van der Waals surface area contributed by atoms with E-state index in [4.69, 9.17) is 9.47 Å². The number of nitrogens with zero attached hydrogens (tertiary/aromatic N) is 1. The van der Waals surface area contributed by atoms with Gasteiger partial charge in [-0.15, -0.1) is 0 Å². The second-order valence-corrected chi connectivity index (χ2v) is 12.0. The van der Waals surface area contributed by atoms with Gasteiger partial charge in [0.05, 0.1) is 30.3 Å². The van der Waals surface area contributed by atoms with Crippen LogP contribution in [-0.2, 0) is 32.6 Å². The van der Waals surface area contributed by atoms with Crippen LogP contribution in [0.5, 0.6) is 0 Å². The summed E-state index contributed by atoms with van der Waals surface area (Å²) in [5.41, 5.74) is 3.55. The van der Waals surface area contributed by atoms with Crippen LogP contribution in [0.1, 0.15) is 53.9 Å². The Balaban J connectivity index is 1.29. The van der Waals surface area contributed by atoms with Crippen LogP contribution in [0.3, 0.4) is 0 Å². The molecule has 4 unspecified atom stereocenters. The number of ether oxygens (including phenoxy) is 2. The van der Waals surface area contributed by atoms with Crippen molar-refractivity contribution < 1.29 is 28.1 Å². The van der Waals surface area contributed by atoms with Gasteiger partial charge in [0.15, 0.2) is 6.29 Å². The zero-order valence-corrected chi connectivity index (χ0v) is 22.7. The van der Waals surface area contributed by atoms with E-state index in [0.717, 1.165) is 48.2 Å². The Morgan fingerprint density at radius 2 is 1.56 bits per heavy atom. The number of sulfonamides is 1. The molecule has 208 valence electrons. The molecule has 8 nitrogen and oxygen atoms in total. The Morgan fingerprint density at radius 1 is 0.872 bits per heavy atom. The third-order valence-electron chi connectivity index (χ3n) is 7.53. The Labute approximate surface area is 230 Å². The standard InChI is InChI=1S/C30H36N2O6S/c33-20-23-10-12-24(13-11-23)29-17-27(19-32-16-4-5-26(32)21-34)37-30(38-29)25-14-8-22(9-15-25)18-31-39(35,36)28-6-2-1-3-7-28/h1-3,6-15,26-27,29-31,33-34H,4-5,16-21H2. The van der Waals surface area contributed by atoms with Crippen LogP contribution >= 0.6 is 0 Å². The lowest BCUT2D eigenvalue weighted by molar-refractivity contribution is -0.253. The fourth-order valence-corrected chi connectivity index (χ4v) is 6.33. The fraction of sp³-hybridized carbons (Fsp3) is 0.400. The highest BCUT2D eigenvalue weighted by molar-refractivity contribution is 7.89. The van der Waals surface area contributed by atoms with Gasteiger partial charge < -0.3 is 19.7 Å². The van der Waals surface area contributed by atoms with Gasteiger partial charge >= 0.3 is 0 Å². The first-order valence-electron chi connectivity index (χ1n) is 13.4. The first-order valence-corrected chi connectivity index (χ1v) is 14.9. The predicted octanol–water partition coefficient (Wildman–Crippen LogP) is 3.66. The summed E-state index contributed by atoms with van der Waals surface area (Å²) in [7, 11) is -3.60. The van der Waals surface area contributed by atoms with Crippen LogP contribution in [-0.4, -0.2) is 55.4 Å². The second-order valence-electron chi connectivity index (χ2n) is 10.2. The molecule has 4 atom stereocenters. The molecule has 0 radical (unpaired) electrons. The van der Waals surface area contributed by atoms with Gasteiger partial charge in [-0.05, 0) is 48.2 Å². The molecule has 3 aromatic rings. The molecule has 5 rings (SSSR count). The molecule has 3 aromatic carbocycles. The van der Waals surface area contributed by atoms with Crippen LogP contribution < -0.4 is 4.72 Å². The van der Waals surface area contributed by atoms with E-state index in [9.17, 15) is 18.6 Å². The summed E-state index contributed by atoms with van der Waals surface area (Å²) in [4.78, 5) is 2.54. The van der Waals surface area contributed by atoms with E-state index in [-0.39, 0.29) is 42.9 Å². The van der Waals surface area contributed by atoms with Gasteiger partial charge in [0.2, 0.25) is 10.0 Å². The van der Waals surface area contributed by atoms with E-state index in [2.05, 4.69) is 9.62 Å². The van der Waals surface area contributed by atoms with Crippen molar-refractivity contribution >= 4 is 10.0 Å². The molecule has 0 saturated carbocycles. The number of aliphatic hydroxyl groups excluding tert-OH is 2. The average Bonchev–Trinajstić information content (AvgIpc) is 3.43. The SMILES string of the molecule is O=S(=O)(NCc1ccc(C2OC(CN3CCCC3CO)CC(c3ccc(CO)cc3)O2)cc1)c1ccccc1. The van der Waals surface area contributed by atoms with Crippen molar-refractivity contribution in [1.29, 1.82) is 0 Å². The maximum atomic E-state index is 12.6. The lowest BCUT2D eigenvalue weighted by Crippen LogP contribution is -2.42. The molecule has 0 amide bonds. The molecule has 0 bridgehead atoms. The monoisotopic (exact) mass is 552 g/mol. The van der Waals surface area contributed by atoms with E-state index < -0.39 is 16.3 Å². The minimum absolute atomic E-state index is 0.00840. The van der Waals surface area contributed by atoms with Crippen LogP contribution in [0.15, 0.2) is 83.8 Å². The predicted molar refractivity (Wildman–Crippen MR) is 147 cm³/mol. The van der Waals surface area contributed by atoms with Crippen molar-refractivity contribution in [2.75, 3.05) is 19.7 Å². The quantitative estimate of drug-likeness (QED) is 0.352. The van der Waals surface area contributed by atoms with Crippen LogP contribution in [0.2, 0.25) is 0 Å². The summed E-state index contributed by atoms with van der Waals surface area (Å²) in [6.45, 7) is 1.97. The molecule has 0 spiro atoms. The van der Waals surface area contributed by atoms with Crippen molar-refractivity contribution in [3.8, 4) is 0 Å². The molecule has 2 heterocycles. The molecule has 2 aliphatic rings. The molecule has 2 saturated heterocycles. The molecule has 39 heavy (non-hydrogen) atoms. The van der Waals surface area contributed by atoms with Crippen molar-refractivity contribution in [2.45, 2.75) is 61.8 Å². The minimum atomic E-state index is -3.60. The minimum Gasteiger partial charge on any atom is -0.395 e. The molecule has 2 fully saturated rings. The zero-order valence-electron chi connectivity index (χ0n) is 21.9. The highest BCUT2D eigenvalue weighted by Gasteiger charge is 2.35. The summed E-state index contributed by atoms with van der Waals surface area (Å²) >= 11 is 0. The Kier molecular flexibility index (Phi) is 9.09. The summed E-state index contributed by atoms with van der Waals surface area (Å²) in [5, 5.41) is 19.2. The third-order valence-corrected chi connectivity index (χ3v) is 8.95. The van der Waals surface area contributed by atoms with Crippen LogP contribution in [0.4, 0.5) is 0 Å². The van der Waals surface area contributed by atoms with Gasteiger partial charge in [0.25, 0.3) is 0 Å². The number of rotatable bonds is 10. The van der Waals surface area contributed by atoms with Crippen molar-refractivity contribution in [2.24, 2.45) is 0 Å². The van der Waals surface area contributed by atoms with E-state index >= 15 is 0 Å². The van der Waals surface area contributed by atoms with E-state index in [1.165, 1.54) is 0 Å². The van der Waals surface area contributed by atoms with Gasteiger partial charge in [0.1, 0.15) is 0 Å². The normalized spacial score (nSPS) is 24.2. The maximum Gasteiger partial charge on any atom is 0.240 e. The highest BCUT2D eigenvalue weighted by Crippen LogP contribution is 2.38. The van der Waals surface area contributed by atoms with E-state index in [0.29, 0.717) is 6.42 Å².